The number of rotatable bonds is 5. The van der Waals surface area contributed by atoms with Crippen LogP contribution in [0, 0.1) is 35.4 Å². The van der Waals surface area contributed by atoms with Gasteiger partial charge >= 0.3 is 10.8 Å². The maximum absolute atomic E-state index is 13.7. The molecule has 6 rings (SSSR count). The number of H-pyrrole nitrogens is 1. The van der Waals surface area contributed by atoms with Crippen molar-refractivity contribution in [2.45, 2.75) is 35.5 Å². The number of aromatic nitrogens is 1. The summed E-state index contributed by atoms with van der Waals surface area (Å²) in [6.07, 6.45) is 0.954. The average molecular weight is 489 g/mol. The number of halogens is 1. The lowest BCUT2D eigenvalue weighted by molar-refractivity contribution is -0.142. The number of imide groups is 1. The number of thiazole rings is 1. The summed E-state index contributed by atoms with van der Waals surface area (Å²) in [5, 5.41) is 9.82. The van der Waals surface area contributed by atoms with Gasteiger partial charge in [-0.25, -0.2) is 4.39 Å². The standard InChI is InChI=1S/C23H21FN2O5S2/c24-10-5-3-9(4-6-10)14-15-11-8-12(18(15)32-20-19(14)33-23(31)25-20)17-16(11)21(29)26(22(17)30)7-1-2-13(27)28/h3-6,11-12,14-18H,1-2,7-8H2,(H,25,31)(H,27,28)/t11-,12+,14-,15+,16+,17+,18+/m0/s1. The second-order valence-corrected chi connectivity index (χ2v) is 11.5. The lowest BCUT2D eigenvalue weighted by atomic mass is 9.68. The van der Waals surface area contributed by atoms with Crippen molar-refractivity contribution in [1.82, 2.24) is 9.88 Å². The van der Waals surface area contributed by atoms with E-state index in [2.05, 4.69) is 4.98 Å². The summed E-state index contributed by atoms with van der Waals surface area (Å²) in [5.74, 6) is -2.44. The summed E-state index contributed by atoms with van der Waals surface area (Å²) in [7, 11) is 0. The van der Waals surface area contributed by atoms with Gasteiger partial charge in [0.1, 0.15) is 5.82 Å². The van der Waals surface area contributed by atoms with E-state index in [9.17, 15) is 23.6 Å². The first kappa shape index (κ1) is 21.1. The molecule has 2 N–H and O–H groups in total. The number of aliphatic carboxylic acids is 1. The van der Waals surface area contributed by atoms with Crippen LogP contribution in [-0.2, 0) is 14.4 Å². The zero-order valence-electron chi connectivity index (χ0n) is 17.4. The zero-order valence-corrected chi connectivity index (χ0v) is 19.0. The Balaban J connectivity index is 1.37. The molecule has 0 spiro atoms. The van der Waals surface area contributed by atoms with Crippen LogP contribution in [0.2, 0.25) is 0 Å². The molecule has 2 aliphatic carbocycles. The molecule has 2 aliphatic heterocycles. The fourth-order valence-electron chi connectivity index (χ4n) is 6.73. The fraction of sp³-hybridized carbons (Fsp3) is 0.478. The van der Waals surface area contributed by atoms with Crippen molar-refractivity contribution >= 4 is 40.9 Å². The van der Waals surface area contributed by atoms with Gasteiger partial charge in [-0.15, -0.1) is 11.8 Å². The average Bonchev–Trinajstić information content (AvgIpc) is 3.49. The van der Waals surface area contributed by atoms with E-state index in [0.717, 1.165) is 21.9 Å². The molecule has 0 radical (unpaired) electrons. The number of carbonyl (C=O) groups is 3. The highest BCUT2D eigenvalue weighted by atomic mass is 32.2. The van der Waals surface area contributed by atoms with Gasteiger partial charge in [0.15, 0.2) is 0 Å². The summed E-state index contributed by atoms with van der Waals surface area (Å²) in [5.41, 5.74) is 0.919. The maximum Gasteiger partial charge on any atom is 0.305 e. The van der Waals surface area contributed by atoms with Crippen molar-refractivity contribution in [3.63, 3.8) is 0 Å². The Morgan fingerprint density at radius 2 is 1.82 bits per heavy atom. The predicted molar refractivity (Wildman–Crippen MR) is 118 cm³/mol. The van der Waals surface area contributed by atoms with E-state index in [0.29, 0.717) is 0 Å². The van der Waals surface area contributed by atoms with Crippen molar-refractivity contribution in [1.29, 1.82) is 0 Å². The van der Waals surface area contributed by atoms with E-state index in [1.54, 1.807) is 23.9 Å². The molecule has 2 bridgehead atoms. The number of nitrogens with one attached hydrogen (secondary N) is 1. The molecule has 2 amide bonds. The molecule has 2 saturated carbocycles. The van der Waals surface area contributed by atoms with Gasteiger partial charge in [0.2, 0.25) is 11.8 Å². The Morgan fingerprint density at radius 3 is 2.52 bits per heavy atom. The number of thioether (sulfide) groups is 1. The number of hydrogen-bond donors (Lipinski definition) is 2. The SMILES string of the molecule is O=C(O)CCCN1C(=O)[C@@H]2[C@H]3C[C@@H]([C@H]4Sc5[nH]c(=O)sc5[C@@H](c5ccc(F)cc5)[C@@H]34)[C@H]2C1=O. The van der Waals surface area contributed by atoms with Crippen LogP contribution in [0.5, 0.6) is 0 Å². The molecule has 1 aromatic carbocycles. The summed E-state index contributed by atoms with van der Waals surface area (Å²) < 4.78 is 13.7. The minimum Gasteiger partial charge on any atom is -0.481 e. The molecule has 3 fully saturated rings. The molecule has 2 aromatic rings. The number of hydrogen-bond acceptors (Lipinski definition) is 6. The van der Waals surface area contributed by atoms with Crippen molar-refractivity contribution in [3.8, 4) is 0 Å². The van der Waals surface area contributed by atoms with Gasteiger partial charge < -0.3 is 10.1 Å². The first-order valence-corrected chi connectivity index (χ1v) is 12.8. The highest BCUT2D eigenvalue weighted by molar-refractivity contribution is 8.00. The minimum atomic E-state index is -0.945. The summed E-state index contributed by atoms with van der Waals surface area (Å²) in [4.78, 5) is 54.7. The molecular weight excluding hydrogens is 467 g/mol. The molecule has 3 heterocycles. The van der Waals surface area contributed by atoms with Crippen molar-refractivity contribution < 1.29 is 23.9 Å². The van der Waals surface area contributed by atoms with Crippen molar-refractivity contribution in [3.05, 3.63) is 50.2 Å². The number of amides is 2. The van der Waals surface area contributed by atoms with Crippen LogP contribution in [0.4, 0.5) is 4.39 Å². The number of aromatic amines is 1. The third-order valence-electron chi connectivity index (χ3n) is 7.82. The summed E-state index contributed by atoms with van der Waals surface area (Å²) in [6.45, 7) is 0.140. The van der Waals surface area contributed by atoms with Gasteiger partial charge in [0.25, 0.3) is 0 Å². The van der Waals surface area contributed by atoms with E-state index in [4.69, 9.17) is 5.11 Å². The molecule has 7 nitrogen and oxygen atoms in total. The van der Waals surface area contributed by atoms with Crippen LogP contribution in [0.1, 0.15) is 35.6 Å². The predicted octanol–water partition coefficient (Wildman–Crippen LogP) is 2.91. The smallest absolute Gasteiger partial charge is 0.305 e. The van der Waals surface area contributed by atoms with Crippen molar-refractivity contribution in [2.75, 3.05) is 6.54 Å². The lowest BCUT2D eigenvalue weighted by Gasteiger charge is -2.43. The first-order valence-electron chi connectivity index (χ1n) is 11.1. The monoisotopic (exact) mass is 488 g/mol. The summed E-state index contributed by atoms with van der Waals surface area (Å²) in [6, 6.07) is 6.35. The van der Waals surface area contributed by atoms with Crippen LogP contribution < -0.4 is 4.87 Å². The molecule has 172 valence electrons. The number of carbonyl (C=O) groups excluding carboxylic acids is 2. The van der Waals surface area contributed by atoms with Gasteiger partial charge in [-0.3, -0.25) is 24.1 Å². The van der Waals surface area contributed by atoms with E-state index in [1.807, 2.05) is 0 Å². The van der Waals surface area contributed by atoms with Crippen LogP contribution in [0.25, 0.3) is 0 Å². The molecule has 0 unspecified atom stereocenters. The van der Waals surface area contributed by atoms with E-state index >= 15 is 0 Å². The molecule has 10 heteroatoms. The van der Waals surface area contributed by atoms with Gasteiger partial charge in [-0.2, -0.15) is 0 Å². The Hall–Kier alpha value is -2.46. The van der Waals surface area contributed by atoms with Crippen LogP contribution in [0.15, 0.2) is 34.1 Å². The number of benzene rings is 1. The van der Waals surface area contributed by atoms with Crippen molar-refractivity contribution in [2.24, 2.45) is 29.6 Å². The largest absolute Gasteiger partial charge is 0.481 e. The third-order valence-corrected chi connectivity index (χ3v) is 10.4. The minimum absolute atomic E-state index is 0.00108. The Morgan fingerprint density at radius 1 is 1.12 bits per heavy atom. The molecule has 33 heavy (non-hydrogen) atoms. The fourth-order valence-corrected chi connectivity index (χ4v) is 9.62. The van der Waals surface area contributed by atoms with E-state index in [1.165, 1.54) is 28.4 Å². The maximum atomic E-state index is 13.7. The number of carboxylic acids is 1. The normalized spacial score (nSPS) is 33.8. The Kier molecular flexibility index (Phi) is 4.81. The summed E-state index contributed by atoms with van der Waals surface area (Å²) >= 11 is 2.78. The van der Waals surface area contributed by atoms with E-state index in [-0.39, 0.29) is 76.7 Å². The number of fused-ring (bicyclic) bond motifs is 9. The second kappa shape index (κ2) is 7.53. The Bertz CT molecular complexity index is 1220. The number of carboxylic acid groups (broad SMARTS) is 1. The van der Waals surface area contributed by atoms with Gasteiger partial charge in [0, 0.05) is 29.0 Å². The quantitative estimate of drug-likeness (QED) is 0.627. The number of nitrogens with zero attached hydrogens (tertiary/aromatic N) is 1. The zero-order chi connectivity index (χ0) is 23.0. The van der Waals surface area contributed by atoms with Gasteiger partial charge in [-0.05, 0) is 48.3 Å². The topological polar surface area (TPSA) is 108 Å². The van der Waals surface area contributed by atoms with Gasteiger partial charge in [0.05, 0.1) is 16.9 Å². The number of likely N-dealkylation sites (tertiary alicyclic amines) is 1. The van der Waals surface area contributed by atoms with E-state index < -0.39 is 11.9 Å². The van der Waals surface area contributed by atoms with Crippen LogP contribution in [-0.4, -0.2) is 44.6 Å². The lowest BCUT2D eigenvalue weighted by Crippen LogP contribution is -2.42. The van der Waals surface area contributed by atoms with Crippen LogP contribution in [0.3, 0.4) is 0 Å². The molecule has 1 saturated heterocycles. The second-order valence-electron chi connectivity index (χ2n) is 9.34. The highest BCUT2D eigenvalue weighted by Gasteiger charge is 2.69. The molecule has 4 aliphatic rings. The highest BCUT2D eigenvalue weighted by Crippen LogP contribution is 2.68. The first-order chi connectivity index (χ1) is 15.8. The van der Waals surface area contributed by atoms with Crippen LogP contribution >= 0.6 is 23.1 Å². The third kappa shape index (κ3) is 3.06. The molecule has 1 aromatic heterocycles. The molecular formula is C23H21FN2O5S2. The van der Waals surface area contributed by atoms with Gasteiger partial charge in [-0.1, -0.05) is 23.5 Å². The Labute approximate surface area is 196 Å². The molecule has 7 atom stereocenters.